The third-order valence-corrected chi connectivity index (χ3v) is 4.01. The summed E-state index contributed by atoms with van der Waals surface area (Å²) in [6.45, 7) is 0.377. The summed E-state index contributed by atoms with van der Waals surface area (Å²) in [4.78, 5) is 49.5. The van der Waals surface area contributed by atoms with E-state index < -0.39 is 42.7 Å². The quantitative estimate of drug-likeness (QED) is 0.353. The molecule has 10 nitrogen and oxygen atoms in total. The van der Waals surface area contributed by atoms with Crippen molar-refractivity contribution in [3.63, 3.8) is 0 Å². The van der Waals surface area contributed by atoms with Crippen LogP contribution in [0.4, 0.5) is 0 Å². The maximum Gasteiger partial charge on any atom is 0.221 e. The zero-order valence-electron chi connectivity index (χ0n) is 13.6. The van der Waals surface area contributed by atoms with Gasteiger partial charge in [-0.2, -0.15) is 0 Å². The zero-order chi connectivity index (χ0) is 18.5. The van der Waals surface area contributed by atoms with Crippen molar-refractivity contribution in [2.24, 2.45) is 0 Å². The number of aromatic amines is 1. The van der Waals surface area contributed by atoms with Gasteiger partial charge in [0.1, 0.15) is 5.52 Å². The molecule has 0 amide bonds. The fourth-order valence-corrected chi connectivity index (χ4v) is 2.90. The highest BCUT2D eigenvalue weighted by atomic mass is 16.5. The molecule has 0 unspecified atom stereocenters. The second-order valence-electron chi connectivity index (χ2n) is 6.38. The number of hydrogen-bond donors (Lipinski definition) is 2. The lowest BCUT2D eigenvalue weighted by Gasteiger charge is -2.33. The summed E-state index contributed by atoms with van der Waals surface area (Å²) in [7, 11) is 2.93. The molecule has 0 atom stereocenters. The summed E-state index contributed by atoms with van der Waals surface area (Å²) in [6.07, 6.45) is 0.355. The molecular formula is C15H16N4O6. The Morgan fingerprint density at radius 1 is 1.04 bits per heavy atom. The molecule has 1 heterocycles. The van der Waals surface area contributed by atoms with E-state index in [-0.39, 0.29) is 18.6 Å². The molecule has 25 heavy (non-hydrogen) atoms. The van der Waals surface area contributed by atoms with Crippen molar-refractivity contribution in [2.75, 3.05) is 20.6 Å². The van der Waals surface area contributed by atoms with E-state index in [9.17, 15) is 29.6 Å². The van der Waals surface area contributed by atoms with Gasteiger partial charge < -0.3 is 15.1 Å². The maximum atomic E-state index is 12.7. The van der Waals surface area contributed by atoms with Crippen LogP contribution >= 0.6 is 0 Å². The van der Waals surface area contributed by atoms with Gasteiger partial charge in [-0.05, 0) is 12.1 Å². The Bertz CT molecular complexity index is 1200. The number of aryl methyl sites for hydroxylation is 1. The molecule has 0 saturated carbocycles. The third kappa shape index (κ3) is 2.71. The number of rotatable bonds is 4. The van der Waals surface area contributed by atoms with E-state index in [0.717, 1.165) is 12.1 Å². The summed E-state index contributed by atoms with van der Waals surface area (Å²) in [5.41, 5.74) is -3.81. The SMILES string of the molecule is C[N+](C)([O-])CCCn1[nH]n(O)c2c(=O)c3c(=O)ccc(=O)c3c(=O)c21. The molecule has 3 rings (SSSR count). The Morgan fingerprint density at radius 3 is 2.08 bits per heavy atom. The van der Waals surface area contributed by atoms with Gasteiger partial charge in [-0.1, -0.05) is 0 Å². The smallest absolute Gasteiger partial charge is 0.221 e. The monoisotopic (exact) mass is 348 g/mol. The minimum Gasteiger partial charge on any atom is -0.633 e. The number of aromatic nitrogens is 3. The van der Waals surface area contributed by atoms with Crippen LogP contribution < -0.4 is 21.7 Å². The van der Waals surface area contributed by atoms with Crippen molar-refractivity contribution in [1.82, 2.24) is 14.7 Å². The number of fused-ring (bicyclic) bond motifs is 2. The highest BCUT2D eigenvalue weighted by molar-refractivity contribution is 5.94. The van der Waals surface area contributed by atoms with Crippen LogP contribution in [-0.4, -0.2) is 45.2 Å². The summed E-state index contributed by atoms with van der Waals surface area (Å²) in [5, 5.41) is 22.9. The van der Waals surface area contributed by atoms with E-state index in [4.69, 9.17) is 0 Å². The zero-order valence-corrected chi connectivity index (χ0v) is 13.6. The predicted molar refractivity (Wildman–Crippen MR) is 90.2 cm³/mol. The average Bonchev–Trinajstić information content (AvgIpc) is 2.83. The first-order valence-corrected chi connectivity index (χ1v) is 7.53. The Kier molecular flexibility index (Phi) is 3.73. The lowest BCUT2D eigenvalue weighted by atomic mass is 10.1. The number of quaternary nitrogens is 1. The highest BCUT2D eigenvalue weighted by Crippen LogP contribution is 2.09. The van der Waals surface area contributed by atoms with Crippen LogP contribution in [0.5, 0.6) is 0 Å². The molecule has 0 spiro atoms. The minimum absolute atomic E-state index is 0.138. The Balaban J connectivity index is 2.32. The largest absolute Gasteiger partial charge is 0.633 e. The molecule has 0 aliphatic heterocycles. The molecule has 132 valence electrons. The van der Waals surface area contributed by atoms with Crippen LogP contribution in [0.25, 0.3) is 21.8 Å². The molecule has 3 aromatic rings. The lowest BCUT2D eigenvalue weighted by Crippen LogP contribution is -2.33. The van der Waals surface area contributed by atoms with E-state index in [1.54, 1.807) is 0 Å². The first-order chi connectivity index (χ1) is 11.6. The van der Waals surface area contributed by atoms with Gasteiger partial charge in [0.2, 0.25) is 10.9 Å². The van der Waals surface area contributed by atoms with Gasteiger partial charge in [0.15, 0.2) is 16.4 Å². The van der Waals surface area contributed by atoms with Crippen molar-refractivity contribution in [3.8, 4) is 0 Å². The fourth-order valence-electron chi connectivity index (χ4n) is 2.90. The third-order valence-electron chi connectivity index (χ3n) is 4.01. The molecule has 2 N–H and O–H groups in total. The number of H-pyrrole nitrogens is 1. The van der Waals surface area contributed by atoms with Crippen LogP contribution in [-0.2, 0) is 6.54 Å². The van der Waals surface area contributed by atoms with Gasteiger partial charge in [0, 0.05) is 13.0 Å². The van der Waals surface area contributed by atoms with E-state index >= 15 is 0 Å². The van der Waals surface area contributed by atoms with Crippen molar-refractivity contribution in [3.05, 3.63) is 58.2 Å². The Labute approximate surface area is 139 Å². The number of hydroxylamine groups is 3. The molecule has 0 bridgehead atoms. The van der Waals surface area contributed by atoms with Crippen LogP contribution in [0.2, 0.25) is 0 Å². The standard InChI is InChI=1S/C15H16N4O6/c1-19(2,25)7-3-6-17-12-13(18(24)16-17)15(23)11-9(21)5-4-8(20)10(11)14(12)22/h4-5,16,24H,3,6-7H2,1-2H3. The van der Waals surface area contributed by atoms with Gasteiger partial charge in [-0.25, -0.2) is 5.21 Å². The minimum atomic E-state index is -0.898. The van der Waals surface area contributed by atoms with Crippen LogP contribution in [0.3, 0.4) is 0 Å². The van der Waals surface area contributed by atoms with Gasteiger partial charge in [0.25, 0.3) is 0 Å². The predicted octanol–water partition coefficient (Wildman–Crippen LogP) is -0.996. The summed E-state index contributed by atoms with van der Waals surface area (Å²) < 4.78 is 0.660. The average molecular weight is 348 g/mol. The normalized spacial score (nSPS) is 12.3. The van der Waals surface area contributed by atoms with Gasteiger partial charge in [-0.15, -0.1) is 4.85 Å². The molecule has 1 aromatic heterocycles. The number of nitrogens with zero attached hydrogens (tertiary/aromatic N) is 3. The maximum absolute atomic E-state index is 12.7. The van der Waals surface area contributed by atoms with E-state index in [1.165, 1.54) is 18.8 Å². The van der Waals surface area contributed by atoms with E-state index in [2.05, 4.69) is 5.21 Å². The van der Waals surface area contributed by atoms with Crippen molar-refractivity contribution < 1.29 is 9.85 Å². The fraction of sp³-hybridized carbons (Fsp3) is 0.333. The summed E-state index contributed by atoms with van der Waals surface area (Å²) in [5.74, 6) is 0. The first kappa shape index (κ1) is 16.9. The molecule has 0 aliphatic rings. The highest BCUT2D eigenvalue weighted by Gasteiger charge is 2.21. The van der Waals surface area contributed by atoms with Crippen LogP contribution in [0.15, 0.2) is 31.3 Å². The summed E-state index contributed by atoms with van der Waals surface area (Å²) in [6, 6.07) is 1.87. The van der Waals surface area contributed by atoms with Crippen molar-refractivity contribution in [2.45, 2.75) is 13.0 Å². The van der Waals surface area contributed by atoms with Gasteiger partial charge in [-0.3, -0.25) is 23.9 Å². The van der Waals surface area contributed by atoms with E-state index in [1.807, 2.05) is 0 Å². The van der Waals surface area contributed by atoms with Crippen LogP contribution in [0.1, 0.15) is 6.42 Å². The summed E-state index contributed by atoms with van der Waals surface area (Å²) >= 11 is 0. The molecular weight excluding hydrogens is 332 g/mol. The Hall–Kier alpha value is -2.98. The van der Waals surface area contributed by atoms with Gasteiger partial charge >= 0.3 is 0 Å². The second kappa shape index (κ2) is 5.53. The Morgan fingerprint density at radius 2 is 1.56 bits per heavy atom. The molecule has 0 saturated heterocycles. The van der Waals surface area contributed by atoms with Crippen molar-refractivity contribution >= 4 is 21.8 Å². The molecule has 2 aromatic carbocycles. The molecule has 0 aliphatic carbocycles. The second-order valence-corrected chi connectivity index (χ2v) is 6.38. The molecule has 0 radical (unpaired) electrons. The van der Waals surface area contributed by atoms with Crippen LogP contribution in [0, 0.1) is 5.21 Å². The first-order valence-electron chi connectivity index (χ1n) is 7.53. The number of nitrogens with one attached hydrogen (secondary N) is 1. The van der Waals surface area contributed by atoms with Crippen molar-refractivity contribution in [1.29, 1.82) is 0 Å². The number of hydrogen-bond acceptors (Lipinski definition) is 6. The molecule has 0 fully saturated rings. The topological polar surface area (TPSA) is 137 Å². The molecule has 10 heteroatoms. The number of benzene rings is 2. The van der Waals surface area contributed by atoms with Gasteiger partial charge in [0.05, 0.1) is 31.4 Å². The van der Waals surface area contributed by atoms with E-state index in [0.29, 0.717) is 11.3 Å². The lowest BCUT2D eigenvalue weighted by molar-refractivity contribution is -0.840.